The fourth-order valence-electron chi connectivity index (χ4n) is 2.76. The van der Waals surface area contributed by atoms with Crippen LogP contribution in [0.1, 0.15) is 13.3 Å². The van der Waals surface area contributed by atoms with Crippen LogP contribution in [0.15, 0.2) is 34.2 Å². The van der Waals surface area contributed by atoms with Crippen LogP contribution in [0, 0.1) is 5.92 Å². The zero-order chi connectivity index (χ0) is 15.1. The first-order valence-corrected chi connectivity index (χ1v) is 7.23. The minimum absolute atomic E-state index is 0. The van der Waals surface area contributed by atoms with E-state index in [-0.39, 0.29) is 47.2 Å². The third-order valence-electron chi connectivity index (χ3n) is 3.64. The van der Waals surface area contributed by atoms with Gasteiger partial charge >= 0.3 is 29.6 Å². The molecule has 2 unspecified atom stereocenters. The smallest absolute Gasteiger partial charge is 0.543 e. The van der Waals surface area contributed by atoms with E-state index in [0.717, 1.165) is 11.8 Å². The summed E-state index contributed by atoms with van der Waals surface area (Å²) in [7, 11) is 0. The number of aliphatic hydroxyl groups is 1. The second-order valence-electron chi connectivity index (χ2n) is 4.94. The van der Waals surface area contributed by atoms with Crippen LogP contribution in [0.2, 0.25) is 0 Å². The number of hydrogen-bond acceptors (Lipinski definition) is 7. The van der Waals surface area contributed by atoms with Gasteiger partial charge < -0.3 is 19.9 Å². The summed E-state index contributed by atoms with van der Waals surface area (Å²) < 4.78 is 0. The van der Waals surface area contributed by atoms with Crippen LogP contribution in [0.4, 0.5) is 0 Å². The summed E-state index contributed by atoms with van der Waals surface area (Å²) in [4.78, 5) is 33.1. The molecule has 0 saturated carbocycles. The fourth-order valence-corrected chi connectivity index (χ4v) is 3.74. The van der Waals surface area contributed by atoms with Crippen molar-refractivity contribution in [2.75, 3.05) is 0 Å². The third-order valence-corrected chi connectivity index (χ3v) is 4.64. The Morgan fingerprint density at radius 2 is 2.14 bits per heavy atom. The Kier molecular flexibility index (Phi) is 5.29. The first-order chi connectivity index (χ1) is 10.0. The maximum absolute atomic E-state index is 12.0. The van der Waals surface area contributed by atoms with E-state index in [1.807, 2.05) is 0 Å². The predicted molar refractivity (Wildman–Crippen MR) is 70.3 cm³/mol. The SMILES string of the molecule is C[C@H](O)C1C(=O)N2C(C(=O)[O-])=C(Sc3ncccn3)CC12.[Na+]. The minimum Gasteiger partial charge on any atom is -0.543 e. The van der Waals surface area contributed by atoms with Crippen LogP contribution in [0.25, 0.3) is 0 Å². The van der Waals surface area contributed by atoms with E-state index < -0.39 is 18.0 Å². The molecule has 9 heteroatoms. The third kappa shape index (κ3) is 2.81. The zero-order valence-electron chi connectivity index (χ0n) is 12.1. The standard InChI is InChI=1S/C13H13N3O4S.Na/c1-6(17)9-7-5-8(21-13-14-3-2-4-15-13)10(12(19)20)16(7)11(9)18;/h2-4,6-7,9,17H,5H2,1H3,(H,19,20);/q;+1/p-1/t6-,7?,9?;/m0./s1. The molecule has 3 rings (SSSR count). The van der Waals surface area contributed by atoms with Gasteiger partial charge in [0.1, 0.15) is 0 Å². The van der Waals surface area contributed by atoms with Crippen molar-refractivity contribution in [2.24, 2.45) is 5.92 Å². The van der Waals surface area contributed by atoms with Crippen molar-refractivity contribution >= 4 is 23.6 Å². The van der Waals surface area contributed by atoms with E-state index >= 15 is 0 Å². The largest absolute Gasteiger partial charge is 1.00 e. The van der Waals surface area contributed by atoms with Crippen molar-refractivity contribution < 1.29 is 49.4 Å². The molecule has 22 heavy (non-hydrogen) atoms. The van der Waals surface area contributed by atoms with Gasteiger partial charge in [0.15, 0.2) is 5.16 Å². The van der Waals surface area contributed by atoms with Crippen LogP contribution >= 0.6 is 11.8 Å². The molecule has 0 spiro atoms. The minimum atomic E-state index is -1.40. The maximum Gasteiger partial charge on any atom is 1.00 e. The molecule has 1 amide bonds. The number of nitrogens with zero attached hydrogens (tertiary/aromatic N) is 3. The molecule has 3 atom stereocenters. The van der Waals surface area contributed by atoms with E-state index in [1.54, 1.807) is 18.5 Å². The normalized spacial score (nSPS) is 24.5. The van der Waals surface area contributed by atoms with Gasteiger partial charge in [-0.15, -0.1) is 0 Å². The molecule has 1 aromatic rings. The van der Waals surface area contributed by atoms with Gasteiger partial charge in [0.05, 0.1) is 29.7 Å². The van der Waals surface area contributed by atoms with Crippen molar-refractivity contribution in [2.45, 2.75) is 30.6 Å². The number of rotatable bonds is 4. The number of carbonyl (C=O) groups excluding carboxylic acids is 2. The van der Waals surface area contributed by atoms with Crippen LogP contribution in [-0.4, -0.2) is 44.0 Å². The van der Waals surface area contributed by atoms with Gasteiger partial charge in [0.25, 0.3) is 0 Å². The number of aromatic nitrogens is 2. The maximum atomic E-state index is 12.0. The molecule has 110 valence electrons. The summed E-state index contributed by atoms with van der Waals surface area (Å²) >= 11 is 1.11. The number of carboxylic acids is 1. The number of aliphatic hydroxyl groups excluding tert-OH is 1. The molecule has 1 N–H and O–H groups in total. The van der Waals surface area contributed by atoms with Crippen molar-refractivity contribution in [3.63, 3.8) is 0 Å². The predicted octanol–water partition coefficient (Wildman–Crippen LogP) is -3.85. The average molecular weight is 329 g/mol. The summed E-state index contributed by atoms with van der Waals surface area (Å²) in [5.41, 5.74) is -0.126. The molecule has 0 radical (unpaired) electrons. The molecule has 1 aromatic heterocycles. The number of carbonyl (C=O) groups is 2. The number of hydrogen-bond donors (Lipinski definition) is 1. The fraction of sp³-hybridized carbons (Fsp3) is 0.385. The van der Waals surface area contributed by atoms with Crippen LogP contribution < -0.4 is 34.7 Å². The Labute approximate surface area is 153 Å². The first-order valence-electron chi connectivity index (χ1n) is 6.41. The topological polar surface area (TPSA) is 106 Å². The van der Waals surface area contributed by atoms with Crippen molar-refractivity contribution in [1.29, 1.82) is 0 Å². The number of fused-ring (bicyclic) bond motifs is 1. The monoisotopic (exact) mass is 329 g/mol. The first kappa shape index (κ1) is 17.4. The molecule has 2 aliphatic heterocycles. The molecule has 1 saturated heterocycles. The average Bonchev–Trinajstić information content (AvgIpc) is 2.74. The van der Waals surface area contributed by atoms with E-state index in [1.165, 1.54) is 11.8 Å². The Balaban J connectivity index is 0.00000176. The summed E-state index contributed by atoms with van der Waals surface area (Å²) in [5.74, 6) is -2.33. The second-order valence-corrected chi connectivity index (χ2v) is 6.00. The van der Waals surface area contributed by atoms with E-state index in [9.17, 15) is 19.8 Å². The summed E-state index contributed by atoms with van der Waals surface area (Å²) in [5, 5.41) is 21.4. The van der Waals surface area contributed by atoms with Gasteiger partial charge in [-0.2, -0.15) is 0 Å². The molecule has 7 nitrogen and oxygen atoms in total. The molecule has 1 fully saturated rings. The number of carboxylic acid groups (broad SMARTS) is 1. The molecular formula is C13H12N3NaO4S. The van der Waals surface area contributed by atoms with Gasteiger partial charge in [0.2, 0.25) is 5.91 Å². The van der Waals surface area contributed by atoms with E-state index in [2.05, 4.69) is 9.97 Å². The molecule has 3 heterocycles. The molecule has 0 aromatic carbocycles. The van der Waals surface area contributed by atoms with Gasteiger partial charge in [-0.1, -0.05) is 11.8 Å². The number of amides is 1. The Morgan fingerprint density at radius 3 is 2.68 bits per heavy atom. The van der Waals surface area contributed by atoms with Crippen molar-refractivity contribution in [3.8, 4) is 0 Å². The number of β-lactam (4-membered cyclic amide) rings is 1. The molecular weight excluding hydrogens is 317 g/mol. The van der Waals surface area contributed by atoms with Gasteiger partial charge in [-0.25, -0.2) is 9.97 Å². The quantitative estimate of drug-likeness (QED) is 0.342. The molecule has 2 aliphatic rings. The van der Waals surface area contributed by atoms with Crippen LogP contribution in [0.3, 0.4) is 0 Å². The molecule has 0 bridgehead atoms. The Bertz CT molecular complexity index is 637. The molecule has 0 aliphatic carbocycles. The van der Waals surface area contributed by atoms with Crippen LogP contribution in [0.5, 0.6) is 0 Å². The van der Waals surface area contributed by atoms with E-state index in [0.29, 0.717) is 16.5 Å². The number of thioether (sulfide) groups is 1. The van der Waals surface area contributed by atoms with Gasteiger partial charge in [-0.05, 0) is 13.0 Å². The summed E-state index contributed by atoms with van der Waals surface area (Å²) in [6.45, 7) is 1.53. The van der Waals surface area contributed by atoms with E-state index in [4.69, 9.17) is 0 Å². The summed E-state index contributed by atoms with van der Waals surface area (Å²) in [6.07, 6.45) is 2.68. The number of aliphatic carboxylic acids is 1. The zero-order valence-corrected chi connectivity index (χ0v) is 14.9. The Hall–Kier alpha value is -0.930. The second kappa shape index (κ2) is 6.67. The van der Waals surface area contributed by atoms with Crippen LogP contribution in [-0.2, 0) is 9.59 Å². The van der Waals surface area contributed by atoms with Crippen molar-refractivity contribution in [1.82, 2.24) is 14.9 Å². The Morgan fingerprint density at radius 1 is 1.50 bits per heavy atom. The summed E-state index contributed by atoms with van der Waals surface area (Å²) in [6, 6.07) is 1.34. The van der Waals surface area contributed by atoms with Gasteiger partial charge in [-0.3, -0.25) is 4.79 Å². The van der Waals surface area contributed by atoms with Crippen molar-refractivity contribution in [3.05, 3.63) is 29.1 Å². The van der Waals surface area contributed by atoms with Gasteiger partial charge in [0, 0.05) is 23.7 Å².